The highest BCUT2D eigenvalue weighted by molar-refractivity contribution is 9.10. The van der Waals surface area contributed by atoms with Gasteiger partial charge in [-0.1, -0.05) is 11.6 Å². The molecule has 0 radical (unpaired) electrons. The van der Waals surface area contributed by atoms with Crippen molar-refractivity contribution < 1.29 is 8.78 Å². The monoisotopic (exact) mass is 360 g/mol. The van der Waals surface area contributed by atoms with E-state index in [-0.39, 0.29) is 12.1 Å². The summed E-state index contributed by atoms with van der Waals surface area (Å²) in [4.78, 5) is 0. The van der Waals surface area contributed by atoms with Gasteiger partial charge in [-0.3, -0.25) is 0 Å². The van der Waals surface area contributed by atoms with Crippen molar-refractivity contribution in [3.63, 3.8) is 0 Å². The first-order chi connectivity index (χ1) is 9.51. The Labute approximate surface area is 129 Å². The standard InChI is InChI=1S/C14H12BrClF2N2/c15-11-3-2-9(6-12(11)16)20-14(7-19)10-5-8(17)1-4-13(10)18/h1-6,14,20H,7,19H2. The summed E-state index contributed by atoms with van der Waals surface area (Å²) in [6.07, 6.45) is 0. The Balaban J connectivity index is 2.28. The van der Waals surface area contributed by atoms with Crippen LogP contribution in [-0.2, 0) is 0 Å². The van der Waals surface area contributed by atoms with E-state index in [4.69, 9.17) is 17.3 Å². The fraction of sp³-hybridized carbons (Fsp3) is 0.143. The summed E-state index contributed by atoms with van der Waals surface area (Å²) in [6, 6.07) is 7.98. The van der Waals surface area contributed by atoms with E-state index in [1.54, 1.807) is 18.2 Å². The molecule has 1 unspecified atom stereocenters. The Bertz CT molecular complexity index is 622. The van der Waals surface area contributed by atoms with Crippen molar-refractivity contribution in [3.05, 3.63) is 63.1 Å². The van der Waals surface area contributed by atoms with Crippen LogP contribution >= 0.6 is 27.5 Å². The van der Waals surface area contributed by atoms with Gasteiger partial charge in [0.25, 0.3) is 0 Å². The van der Waals surface area contributed by atoms with Gasteiger partial charge in [-0.15, -0.1) is 0 Å². The number of hydrogen-bond donors (Lipinski definition) is 2. The molecule has 2 aromatic carbocycles. The van der Waals surface area contributed by atoms with Crippen LogP contribution < -0.4 is 11.1 Å². The molecule has 0 aliphatic rings. The van der Waals surface area contributed by atoms with E-state index in [0.717, 1.165) is 22.7 Å². The van der Waals surface area contributed by atoms with Gasteiger partial charge >= 0.3 is 0 Å². The Hall–Kier alpha value is -1.17. The first-order valence-electron chi connectivity index (χ1n) is 5.88. The quantitative estimate of drug-likeness (QED) is 0.842. The van der Waals surface area contributed by atoms with Crippen LogP contribution in [0.25, 0.3) is 0 Å². The minimum Gasteiger partial charge on any atom is -0.377 e. The molecule has 0 bridgehead atoms. The topological polar surface area (TPSA) is 38.0 Å². The van der Waals surface area contributed by atoms with Crippen molar-refractivity contribution >= 4 is 33.2 Å². The minimum atomic E-state index is -0.539. The van der Waals surface area contributed by atoms with E-state index in [0.29, 0.717) is 10.7 Å². The number of anilines is 1. The molecule has 6 heteroatoms. The summed E-state index contributed by atoms with van der Waals surface area (Å²) in [5, 5.41) is 3.56. The van der Waals surface area contributed by atoms with Crippen LogP contribution in [0.2, 0.25) is 5.02 Å². The molecular formula is C14H12BrClF2N2. The van der Waals surface area contributed by atoms with E-state index in [2.05, 4.69) is 21.2 Å². The largest absolute Gasteiger partial charge is 0.377 e. The first kappa shape index (κ1) is 15.2. The predicted octanol–water partition coefficient (Wildman–Crippen LogP) is 4.49. The SMILES string of the molecule is NCC(Nc1ccc(Br)c(Cl)c1)c1cc(F)ccc1F. The van der Waals surface area contributed by atoms with E-state index in [9.17, 15) is 8.78 Å². The zero-order valence-corrected chi connectivity index (χ0v) is 12.7. The third-order valence-corrected chi connectivity index (χ3v) is 4.06. The molecule has 0 saturated carbocycles. The molecule has 0 aromatic heterocycles. The molecule has 3 N–H and O–H groups in total. The summed E-state index contributed by atoms with van der Waals surface area (Å²) in [7, 11) is 0. The average molecular weight is 362 g/mol. The smallest absolute Gasteiger partial charge is 0.128 e. The summed E-state index contributed by atoms with van der Waals surface area (Å²) < 4.78 is 27.7. The normalized spacial score (nSPS) is 12.2. The van der Waals surface area contributed by atoms with Gasteiger partial charge in [-0.05, 0) is 52.3 Å². The molecule has 0 aliphatic carbocycles. The van der Waals surface area contributed by atoms with Crippen molar-refractivity contribution in [1.29, 1.82) is 0 Å². The van der Waals surface area contributed by atoms with Crippen LogP contribution in [0.15, 0.2) is 40.9 Å². The number of nitrogens with two attached hydrogens (primary N) is 1. The lowest BCUT2D eigenvalue weighted by atomic mass is 10.1. The molecule has 0 fully saturated rings. The van der Waals surface area contributed by atoms with E-state index < -0.39 is 17.7 Å². The highest BCUT2D eigenvalue weighted by atomic mass is 79.9. The Morgan fingerprint density at radius 3 is 2.60 bits per heavy atom. The fourth-order valence-electron chi connectivity index (χ4n) is 1.83. The second-order valence-corrected chi connectivity index (χ2v) is 5.49. The highest BCUT2D eigenvalue weighted by Crippen LogP contribution is 2.28. The van der Waals surface area contributed by atoms with E-state index >= 15 is 0 Å². The average Bonchev–Trinajstić information content (AvgIpc) is 2.43. The summed E-state index contributed by atoms with van der Waals surface area (Å²) in [5.74, 6) is -1.01. The van der Waals surface area contributed by atoms with Crippen LogP contribution in [-0.4, -0.2) is 6.54 Å². The van der Waals surface area contributed by atoms with E-state index in [1.807, 2.05) is 0 Å². The van der Waals surface area contributed by atoms with Crippen molar-refractivity contribution in [1.82, 2.24) is 0 Å². The second kappa shape index (κ2) is 6.52. The fourth-order valence-corrected chi connectivity index (χ4v) is 2.26. The Kier molecular flexibility index (Phi) is 4.96. The maximum Gasteiger partial charge on any atom is 0.128 e. The summed E-state index contributed by atoms with van der Waals surface area (Å²) >= 11 is 9.28. The lowest BCUT2D eigenvalue weighted by Gasteiger charge is -2.19. The third-order valence-electron chi connectivity index (χ3n) is 2.83. The van der Waals surface area contributed by atoms with Crippen molar-refractivity contribution in [2.75, 3.05) is 11.9 Å². The summed E-state index contributed by atoms with van der Waals surface area (Å²) in [5.41, 5.74) is 6.51. The van der Waals surface area contributed by atoms with Crippen molar-refractivity contribution in [3.8, 4) is 0 Å². The number of rotatable bonds is 4. The van der Waals surface area contributed by atoms with Gasteiger partial charge < -0.3 is 11.1 Å². The van der Waals surface area contributed by atoms with Crippen LogP contribution in [0.5, 0.6) is 0 Å². The molecule has 0 amide bonds. The zero-order valence-electron chi connectivity index (χ0n) is 10.3. The number of halogens is 4. The van der Waals surface area contributed by atoms with Crippen LogP contribution in [0.1, 0.15) is 11.6 Å². The van der Waals surface area contributed by atoms with Gasteiger partial charge in [0.05, 0.1) is 11.1 Å². The molecule has 0 aliphatic heterocycles. The molecule has 20 heavy (non-hydrogen) atoms. The zero-order chi connectivity index (χ0) is 14.7. The van der Waals surface area contributed by atoms with Gasteiger partial charge in [0.1, 0.15) is 11.6 Å². The Morgan fingerprint density at radius 1 is 1.20 bits per heavy atom. The molecular weight excluding hydrogens is 350 g/mol. The number of benzene rings is 2. The molecule has 0 heterocycles. The highest BCUT2D eigenvalue weighted by Gasteiger charge is 2.15. The van der Waals surface area contributed by atoms with Gasteiger partial charge in [0.2, 0.25) is 0 Å². The molecule has 1 atom stereocenters. The van der Waals surface area contributed by atoms with Gasteiger partial charge in [-0.25, -0.2) is 8.78 Å². The summed E-state index contributed by atoms with van der Waals surface area (Å²) in [6.45, 7) is 0.119. The molecule has 2 aromatic rings. The van der Waals surface area contributed by atoms with Crippen LogP contribution in [0, 0.1) is 11.6 Å². The Morgan fingerprint density at radius 2 is 1.95 bits per heavy atom. The van der Waals surface area contributed by atoms with Gasteiger partial charge in [-0.2, -0.15) is 0 Å². The molecule has 2 nitrogen and oxygen atoms in total. The number of hydrogen-bond acceptors (Lipinski definition) is 2. The maximum atomic E-state index is 13.8. The van der Waals surface area contributed by atoms with Gasteiger partial charge in [0.15, 0.2) is 0 Å². The van der Waals surface area contributed by atoms with Crippen LogP contribution in [0.4, 0.5) is 14.5 Å². The first-order valence-corrected chi connectivity index (χ1v) is 7.05. The van der Waals surface area contributed by atoms with Crippen molar-refractivity contribution in [2.24, 2.45) is 5.73 Å². The molecule has 0 saturated heterocycles. The lowest BCUT2D eigenvalue weighted by molar-refractivity contribution is 0.572. The van der Waals surface area contributed by atoms with Crippen molar-refractivity contribution in [2.45, 2.75) is 6.04 Å². The molecule has 106 valence electrons. The maximum absolute atomic E-state index is 13.8. The predicted molar refractivity (Wildman–Crippen MR) is 80.9 cm³/mol. The minimum absolute atomic E-state index is 0.119. The molecule has 2 rings (SSSR count). The second-order valence-electron chi connectivity index (χ2n) is 4.23. The lowest BCUT2D eigenvalue weighted by Crippen LogP contribution is -2.21. The third kappa shape index (κ3) is 3.48. The van der Waals surface area contributed by atoms with Crippen LogP contribution in [0.3, 0.4) is 0 Å². The number of nitrogens with one attached hydrogen (secondary N) is 1. The van der Waals surface area contributed by atoms with E-state index in [1.165, 1.54) is 0 Å². The molecule has 0 spiro atoms. The van der Waals surface area contributed by atoms with Gasteiger partial charge in [0, 0.05) is 22.3 Å².